The number of piperidine rings is 1. The number of nitrogens with one attached hydrogen (secondary N) is 2. The summed E-state index contributed by atoms with van der Waals surface area (Å²) < 4.78 is 0. The number of nitrogens with zero attached hydrogens (tertiary/aromatic N) is 1. The fourth-order valence-electron chi connectivity index (χ4n) is 3.33. The van der Waals surface area contributed by atoms with Crippen LogP contribution in [0.5, 0.6) is 0 Å². The van der Waals surface area contributed by atoms with Gasteiger partial charge in [0.2, 0.25) is 0 Å². The fraction of sp³-hybridized carbons (Fsp3) is 0.400. The maximum absolute atomic E-state index is 12.6. The Morgan fingerprint density at radius 2 is 1.88 bits per heavy atom. The first-order valence-corrected chi connectivity index (χ1v) is 8.87. The number of aromatic nitrogens is 1. The fourth-order valence-corrected chi connectivity index (χ4v) is 3.33. The zero-order valence-electron chi connectivity index (χ0n) is 14.9. The zero-order valence-corrected chi connectivity index (χ0v) is 14.9. The van der Waals surface area contributed by atoms with Crippen molar-refractivity contribution in [3.8, 4) is 0 Å². The molecule has 5 nitrogen and oxygen atoms in total. The van der Waals surface area contributed by atoms with Gasteiger partial charge in [-0.3, -0.25) is 9.59 Å². The highest BCUT2D eigenvalue weighted by Crippen LogP contribution is 2.15. The van der Waals surface area contributed by atoms with Crippen LogP contribution in [-0.4, -0.2) is 34.8 Å². The molecule has 0 spiro atoms. The number of hydrogen-bond acceptors (Lipinski definition) is 2. The number of aromatic amines is 1. The van der Waals surface area contributed by atoms with Gasteiger partial charge in [0.05, 0.1) is 0 Å². The van der Waals surface area contributed by atoms with Crippen LogP contribution in [0, 0.1) is 13.8 Å². The van der Waals surface area contributed by atoms with E-state index in [4.69, 9.17) is 0 Å². The molecule has 0 saturated carbocycles. The van der Waals surface area contributed by atoms with Gasteiger partial charge in [-0.1, -0.05) is 12.1 Å². The van der Waals surface area contributed by atoms with Crippen molar-refractivity contribution >= 4 is 11.8 Å². The standard InChI is InChI=1S/C20H25N3O2/c1-14-11-15(2)22-18(14)19(24)21-13-16-7-6-8-17(12-16)20(25)23-9-4-3-5-10-23/h6-8,11-12,22H,3-5,9-10,13H2,1-2H3,(H,21,24). The first kappa shape index (κ1) is 17.3. The predicted octanol–water partition coefficient (Wildman–Crippen LogP) is 3.19. The lowest BCUT2D eigenvalue weighted by molar-refractivity contribution is 0.0724. The van der Waals surface area contributed by atoms with Gasteiger partial charge in [0.25, 0.3) is 11.8 Å². The highest BCUT2D eigenvalue weighted by Gasteiger charge is 2.18. The van der Waals surface area contributed by atoms with Crippen LogP contribution >= 0.6 is 0 Å². The molecule has 1 aromatic heterocycles. The van der Waals surface area contributed by atoms with Crippen LogP contribution in [0.4, 0.5) is 0 Å². The lowest BCUT2D eigenvalue weighted by Gasteiger charge is -2.26. The van der Waals surface area contributed by atoms with Gasteiger partial charge in [-0.2, -0.15) is 0 Å². The van der Waals surface area contributed by atoms with Crippen molar-refractivity contribution in [2.45, 2.75) is 39.7 Å². The van der Waals surface area contributed by atoms with Crippen LogP contribution in [-0.2, 0) is 6.54 Å². The molecule has 3 rings (SSSR count). The molecule has 0 bridgehead atoms. The molecule has 2 heterocycles. The lowest BCUT2D eigenvalue weighted by Crippen LogP contribution is -2.35. The van der Waals surface area contributed by atoms with Crippen LogP contribution in [0.3, 0.4) is 0 Å². The molecule has 25 heavy (non-hydrogen) atoms. The highest BCUT2D eigenvalue weighted by molar-refractivity contribution is 5.95. The second kappa shape index (κ2) is 7.55. The Kier molecular flexibility index (Phi) is 5.22. The normalized spacial score (nSPS) is 14.4. The topological polar surface area (TPSA) is 65.2 Å². The van der Waals surface area contributed by atoms with Gasteiger partial charge < -0.3 is 15.2 Å². The molecule has 1 saturated heterocycles. The van der Waals surface area contributed by atoms with E-state index >= 15 is 0 Å². The Hall–Kier alpha value is -2.56. The molecule has 0 atom stereocenters. The van der Waals surface area contributed by atoms with Crippen LogP contribution in [0.25, 0.3) is 0 Å². The molecule has 2 amide bonds. The van der Waals surface area contributed by atoms with E-state index in [0.717, 1.165) is 42.8 Å². The van der Waals surface area contributed by atoms with Crippen molar-refractivity contribution in [1.29, 1.82) is 0 Å². The van der Waals surface area contributed by atoms with Crippen molar-refractivity contribution < 1.29 is 9.59 Å². The minimum Gasteiger partial charge on any atom is -0.354 e. The van der Waals surface area contributed by atoms with E-state index < -0.39 is 0 Å². The van der Waals surface area contributed by atoms with Crippen LogP contribution in [0.2, 0.25) is 0 Å². The molecule has 1 aromatic carbocycles. The molecular formula is C20H25N3O2. The Morgan fingerprint density at radius 3 is 2.56 bits per heavy atom. The number of hydrogen-bond donors (Lipinski definition) is 2. The third kappa shape index (κ3) is 4.10. The second-order valence-electron chi connectivity index (χ2n) is 6.75. The summed E-state index contributed by atoms with van der Waals surface area (Å²) >= 11 is 0. The molecule has 5 heteroatoms. The average Bonchev–Trinajstić information content (AvgIpc) is 2.98. The van der Waals surface area contributed by atoms with Gasteiger partial charge in [-0.15, -0.1) is 0 Å². The van der Waals surface area contributed by atoms with E-state index in [1.54, 1.807) is 0 Å². The SMILES string of the molecule is Cc1cc(C)c(C(=O)NCc2cccc(C(=O)N3CCCCC3)c2)[nH]1. The Labute approximate surface area is 148 Å². The number of carbonyl (C=O) groups excluding carboxylic acids is 2. The number of rotatable bonds is 4. The monoisotopic (exact) mass is 339 g/mol. The van der Waals surface area contributed by atoms with E-state index in [0.29, 0.717) is 17.8 Å². The number of amides is 2. The number of carbonyl (C=O) groups is 2. The van der Waals surface area contributed by atoms with Crippen molar-refractivity contribution in [3.63, 3.8) is 0 Å². The Morgan fingerprint density at radius 1 is 1.12 bits per heavy atom. The molecule has 0 unspecified atom stereocenters. The van der Waals surface area contributed by atoms with Gasteiger partial charge in [-0.25, -0.2) is 0 Å². The van der Waals surface area contributed by atoms with Gasteiger partial charge in [0.1, 0.15) is 5.69 Å². The van der Waals surface area contributed by atoms with E-state index in [-0.39, 0.29) is 11.8 Å². The molecular weight excluding hydrogens is 314 g/mol. The second-order valence-corrected chi connectivity index (χ2v) is 6.75. The molecule has 1 fully saturated rings. The van der Waals surface area contributed by atoms with Gasteiger partial charge in [-0.05, 0) is 62.4 Å². The number of aryl methyl sites for hydroxylation is 2. The molecule has 132 valence electrons. The molecule has 2 N–H and O–H groups in total. The van der Waals surface area contributed by atoms with Crippen LogP contribution in [0.1, 0.15) is 56.9 Å². The minimum atomic E-state index is -0.127. The van der Waals surface area contributed by atoms with Crippen molar-refractivity contribution in [2.75, 3.05) is 13.1 Å². The summed E-state index contributed by atoms with van der Waals surface area (Å²) in [5.41, 5.74) is 4.12. The van der Waals surface area contributed by atoms with E-state index in [9.17, 15) is 9.59 Å². The number of likely N-dealkylation sites (tertiary alicyclic amines) is 1. The summed E-state index contributed by atoms with van der Waals surface area (Å²) in [6, 6.07) is 9.49. The largest absolute Gasteiger partial charge is 0.354 e. The highest BCUT2D eigenvalue weighted by atomic mass is 16.2. The van der Waals surface area contributed by atoms with Gasteiger partial charge in [0, 0.05) is 30.9 Å². The van der Waals surface area contributed by atoms with Crippen molar-refractivity contribution in [3.05, 3.63) is 58.4 Å². The van der Waals surface area contributed by atoms with Gasteiger partial charge >= 0.3 is 0 Å². The van der Waals surface area contributed by atoms with Crippen molar-refractivity contribution in [1.82, 2.24) is 15.2 Å². The van der Waals surface area contributed by atoms with Crippen molar-refractivity contribution in [2.24, 2.45) is 0 Å². The Balaban J connectivity index is 1.64. The predicted molar refractivity (Wildman–Crippen MR) is 97.6 cm³/mol. The summed E-state index contributed by atoms with van der Waals surface area (Å²) in [6.45, 7) is 5.92. The Bertz CT molecular complexity index is 773. The summed E-state index contributed by atoms with van der Waals surface area (Å²) in [5.74, 6) is -0.0397. The first-order valence-electron chi connectivity index (χ1n) is 8.87. The summed E-state index contributed by atoms with van der Waals surface area (Å²) in [5, 5.41) is 2.92. The number of benzene rings is 1. The third-order valence-electron chi connectivity index (χ3n) is 4.65. The summed E-state index contributed by atoms with van der Waals surface area (Å²) in [7, 11) is 0. The van der Waals surface area contributed by atoms with Crippen LogP contribution < -0.4 is 5.32 Å². The molecule has 1 aliphatic heterocycles. The van der Waals surface area contributed by atoms with Gasteiger partial charge in [0.15, 0.2) is 0 Å². The maximum Gasteiger partial charge on any atom is 0.268 e. The molecule has 0 radical (unpaired) electrons. The van der Waals surface area contributed by atoms with Crippen LogP contribution in [0.15, 0.2) is 30.3 Å². The molecule has 0 aliphatic carbocycles. The molecule has 2 aromatic rings. The summed E-state index contributed by atoms with van der Waals surface area (Å²) in [4.78, 5) is 29.9. The zero-order chi connectivity index (χ0) is 17.8. The summed E-state index contributed by atoms with van der Waals surface area (Å²) in [6.07, 6.45) is 3.36. The first-order chi connectivity index (χ1) is 12.0. The average molecular weight is 339 g/mol. The third-order valence-corrected chi connectivity index (χ3v) is 4.65. The van der Waals surface area contributed by atoms with E-state index in [1.165, 1.54) is 6.42 Å². The number of H-pyrrole nitrogens is 1. The minimum absolute atomic E-state index is 0.0868. The maximum atomic E-state index is 12.6. The van der Waals surface area contributed by atoms with E-state index in [1.807, 2.05) is 49.1 Å². The quantitative estimate of drug-likeness (QED) is 0.898. The lowest BCUT2D eigenvalue weighted by atomic mass is 10.1. The van der Waals surface area contributed by atoms with E-state index in [2.05, 4.69) is 10.3 Å². The smallest absolute Gasteiger partial charge is 0.268 e. The molecule has 1 aliphatic rings.